The number of anilines is 1. The van der Waals surface area contributed by atoms with Crippen LogP contribution in [0.15, 0.2) is 48.5 Å². The van der Waals surface area contributed by atoms with Crippen molar-refractivity contribution < 1.29 is 4.79 Å². The van der Waals surface area contributed by atoms with Gasteiger partial charge in [0.05, 0.1) is 6.04 Å². The van der Waals surface area contributed by atoms with Gasteiger partial charge in [0, 0.05) is 23.0 Å². The van der Waals surface area contributed by atoms with Gasteiger partial charge < -0.3 is 5.32 Å². The summed E-state index contributed by atoms with van der Waals surface area (Å²) in [5.41, 5.74) is 3.26. The fourth-order valence-electron chi connectivity index (χ4n) is 3.31. The molecule has 1 N–H and O–H groups in total. The Bertz CT molecular complexity index is 680. The van der Waals surface area contributed by atoms with E-state index in [1.54, 1.807) is 0 Å². The van der Waals surface area contributed by atoms with E-state index in [9.17, 15) is 4.79 Å². The van der Waals surface area contributed by atoms with Crippen molar-refractivity contribution in [2.45, 2.75) is 38.6 Å². The van der Waals surface area contributed by atoms with Gasteiger partial charge in [0.15, 0.2) is 0 Å². The highest BCUT2D eigenvalue weighted by Gasteiger charge is 2.32. The average Bonchev–Trinajstić information content (AvgIpc) is 2.56. The molecule has 23 heavy (non-hydrogen) atoms. The average molecular weight is 328 g/mol. The van der Waals surface area contributed by atoms with E-state index in [0.29, 0.717) is 12.2 Å². The molecule has 2 unspecified atom stereocenters. The second kappa shape index (κ2) is 7.18. The van der Waals surface area contributed by atoms with E-state index in [2.05, 4.69) is 36.5 Å². The first-order chi connectivity index (χ1) is 11.1. The summed E-state index contributed by atoms with van der Waals surface area (Å²) in [6.07, 6.45) is 3.72. The zero-order chi connectivity index (χ0) is 16.2. The number of aryl methyl sites for hydroxylation is 1. The third-order valence-electron chi connectivity index (χ3n) is 4.62. The lowest BCUT2D eigenvalue weighted by Crippen LogP contribution is -2.30. The molecule has 0 aliphatic heterocycles. The second-order valence-corrected chi connectivity index (χ2v) is 6.74. The molecule has 1 saturated carbocycles. The van der Waals surface area contributed by atoms with E-state index >= 15 is 0 Å². The third-order valence-corrected chi connectivity index (χ3v) is 4.96. The predicted molar refractivity (Wildman–Crippen MR) is 96.0 cm³/mol. The molecule has 0 radical (unpaired) electrons. The zero-order valence-corrected chi connectivity index (χ0v) is 14.1. The lowest BCUT2D eigenvalue weighted by Gasteiger charge is -2.31. The Morgan fingerprint density at radius 2 is 1.83 bits per heavy atom. The molecular formula is C20H22ClNO. The predicted octanol–water partition coefficient (Wildman–Crippen LogP) is 5.56. The monoisotopic (exact) mass is 327 g/mol. The maximum atomic E-state index is 12.5. The molecule has 1 aliphatic carbocycles. The highest BCUT2D eigenvalue weighted by molar-refractivity contribution is 6.31. The van der Waals surface area contributed by atoms with E-state index in [1.165, 1.54) is 5.56 Å². The van der Waals surface area contributed by atoms with E-state index in [4.69, 9.17) is 11.6 Å². The van der Waals surface area contributed by atoms with Crippen molar-refractivity contribution >= 4 is 23.1 Å². The maximum Gasteiger partial charge on any atom is 0.138 e. The summed E-state index contributed by atoms with van der Waals surface area (Å²) in [7, 11) is 0. The normalized spacial score (nSPS) is 19.4. The number of ketones is 1. The van der Waals surface area contributed by atoms with Crippen molar-refractivity contribution in [1.82, 2.24) is 0 Å². The molecule has 2 aromatic rings. The number of rotatable bonds is 4. The summed E-state index contributed by atoms with van der Waals surface area (Å²) in [6.45, 7) is 2.07. The molecule has 2 aromatic carbocycles. The number of carbonyl (C=O) groups is 1. The van der Waals surface area contributed by atoms with Gasteiger partial charge >= 0.3 is 0 Å². The standard InChI is InChI=1S/C20H22ClNO/c1-14-10-12-15(13-11-14)22-20(16-6-2-4-8-18(16)21)17-7-3-5-9-19(17)23/h2,4,6,8,10-13,17,20,22H,3,5,7,9H2,1H3. The van der Waals surface area contributed by atoms with E-state index in [1.807, 2.05) is 24.3 Å². The van der Waals surface area contributed by atoms with Gasteiger partial charge in [-0.05, 0) is 43.5 Å². The molecular weight excluding hydrogens is 306 g/mol. The Morgan fingerprint density at radius 3 is 2.52 bits per heavy atom. The van der Waals surface area contributed by atoms with Crippen LogP contribution in [0.3, 0.4) is 0 Å². The van der Waals surface area contributed by atoms with Crippen LogP contribution in [0.2, 0.25) is 5.02 Å². The first kappa shape index (κ1) is 16.1. The summed E-state index contributed by atoms with van der Waals surface area (Å²) < 4.78 is 0. The first-order valence-corrected chi connectivity index (χ1v) is 8.63. The molecule has 0 bridgehead atoms. The number of benzene rings is 2. The van der Waals surface area contributed by atoms with Crippen LogP contribution in [0.25, 0.3) is 0 Å². The van der Waals surface area contributed by atoms with Crippen molar-refractivity contribution in [3.05, 3.63) is 64.7 Å². The van der Waals surface area contributed by atoms with Gasteiger partial charge in [-0.2, -0.15) is 0 Å². The number of halogens is 1. The Kier molecular flexibility index (Phi) is 5.02. The van der Waals surface area contributed by atoms with Crippen molar-refractivity contribution in [2.24, 2.45) is 5.92 Å². The molecule has 3 heteroatoms. The number of carbonyl (C=O) groups excluding carboxylic acids is 1. The van der Waals surface area contributed by atoms with Crippen LogP contribution in [0.1, 0.15) is 42.9 Å². The molecule has 3 rings (SSSR count). The molecule has 2 nitrogen and oxygen atoms in total. The fourth-order valence-corrected chi connectivity index (χ4v) is 3.57. The molecule has 2 atom stereocenters. The van der Waals surface area contributed by atoms with Gasteiger partial charge in [-0.1, -0.05) is 53.9 Å². The minimum Gasteiger partial charge on any atom is -0.377 e. The molecule has 0 aromatic heterocycles. The third kappa shape index (κ3) is 3.76. The van der Waals surface area contributed by atoms with E-state index < -0.39 is 0 Å². The summed E-state index contributed by atoms with van der Waals surface area (Å²) in [6, 6.07) is 16.0. The van der Waals surface area contributed by atoms with Gasteiger partial charge in [0.1, 0.15) is 5.78 Å². The van der Waals surface area contributed by atoms with E-state index in [-0.39, 0.29) is 12.0 Å². The Balaban J connectivity index is 1.94. The van der Waals surface area contributed by atoms with Crippen LogP contribution < -0.4 is 5.32 Å². The molecule has 0 amide bonds. The van der Waals surface area contributed by atoms with Crippen LogP contribution in [0.5, 0.6) is 0 Å². The largest absolute Gasteiger partial charge is 0.377 e. The van der Waals surface area contributed by atoms with Crippen molar-refractivity contribution in [2.75, 3.05) is 5.32 Å². The minimum absolute atomic E-state index is 0.00930. The van der Waals surface area contributed by atoms with Gasteiger partial charge in [-0.15, -0.1) is 0 Å². The summed E-state index contributed by atoms with van der Waals surface area (Å²) in [5.74, 6) is 0.339. The zero-order valence-electron chi connectivity index (χ0n) is 13.4. The summed E-state index contributed by atoms with van der Waals surface area (Å²) >= 11 is 6.43. The summed E-state index contributed by atoms with van der Waals surface area (Å²) in [4.78, 5) is 12.5. The van der Waals surface area contributed by atoms with Gasteiger partial charge in [0.2, 0.25) is 0 Å². The van der Waals surface area contributed by atoms with Crippen LogP contribution in [-0.4, -0.2) is 5.78 Å². The number of nitrogens with one attached hydrogen (secondary N) is 1. The topological polar surface area (TPSA) is 29.1 Å². The van der Waals surface area contributed by atoms with Crippen LogP contribution in [0, 0.1) is 12.8 Å². The summed E-state index contributed by atoms with van der Waals surface area (Å²) in [5, 5.41) is 4.28. The number of hydrogen-bond donors (Lipinski definition) is 1. The Labute approximate surface area is 142 Å². The fraction of sp³-hybridized carbons (Fsp3) is 0.350. The first-order valence-electron chi connectivity index (χ1n) is 8.25. The molecule has 0 heterocycles. The van der Waals surface area contributed by atoms with Crippen molar-refractivity contribution in [3.8, 4) is 0 Å². The Morgan fingerprint density at radius 1 is 1.09 bits per heavy atom. The molecule has 0 saturated heterocycles. The highest BCUT2D eigenvalue weighted by atomic mass is 35.5. The minimum atomic E-state index is -0.0702. The van der Waals surface area contributed by atoms with Crippen LogP contribution >= 0.6 is 11.6 Å². The lowest BCUT2D eigenvalue weighted by molar-refractivity contribution is -0.125. The van der Waals surface area contributed by atoms with E-state index in [0.717, 1.165) is 35.5 Å². The lowest BCUT2D eigenvalue weighted by atomic mass is 9.80. The number of hydrogen-bond acceptors (Lipinski definition) is 2. The highest BCUT2D eigenvalue weighted by Crippen LogP contribution is 2.37. The SMILES string of the molecule is Cc1ccc(NC(c2ccccc2Cl)C2CCCCC2=O)cc1. The molecule has 1 aliphatic rings. The molecule has 1 fully saturated rings. The van der Waals surface area contributed by atoms with Gasteiger partial charge in [0.25, 0.3) is 0 Å². The van der Waals surface area contributed by atoms with Crippen molar-refractivity contribution in [1.29, 1.82) is 0 Å². The Hall–Kier alpha value is -1.80. The van der Waals surface area contributed by atoms with Gasteiger partial charge in [-0.25, -0.2) is 0 Å². The van der Waals surface area contributed by atoms with Gasteiger partial charge in [-0.3, -0.25) is 4.79 Å². The maximum absolute atomic E-state index is 12.5. The quantitative estimate of drug-likeness (QED) is 0.796. The van der Waals surface area contributed by atoms with Crippen LogP contribution in [-0.2, 0) is 4.79 Å². The number of Topliss-reactive ketones (excluding diaryl/α,β-unsaturated/α-hetero) is 1. The van der Waals surface area contributed by atoms with Crippen molar-refractivity contribution in [3.63, 3.8) is 0 Å². The molecule has 0 spiro atoms. The second-order valence-electron chi connectivity index (χ2n) is 6.33. The molecule has 120 valence electrons. The smallest absolute Gasteiger partial charge is 0.138 e. The van der Waals surface area contributed by atoms with Crippen LogP contribution in [0.4, 0.5) is 5.69 Å².